The molecule has 1 aliphatic heterocycles. The maximum absolute atomic E-state index is 13.7. The second kappa shape index (κ2) is 9.53. The predicted molar refractivity (Wildman–Crippen MR) is 135 cm³/mol. The minimum atomic E-state index is -0.0425. The molecule has 1 aromatic carbocycles. The molecule has 2 aliphatic carbocycles. The number of carbonyl (C=O) groups excluding carboxylic acids is 1. The van der Waals surface area contributed by atoms with Gasteiger partial charge in [-0.25, -0.2) is 4.79 Å². The summed E-state index contributed by atoms with van der Waals surface area (Å²) in [5, 5.41) is 11.1. The van der Waals surface area contributed by atoms with Crippen molar-refractivity contribution in [3.8, 4) is 0 Å². The molecule has 2 aromatic rings. The van der Waals surface area contributed by atoms with Crippen LogP contribution in [0.25, 0.3) is 0 Å². The molecule has 3 fully saturated rings. The van der Waals surface area contributed by atoms with Crippen LogP contribution in [0.3, 0.4) is 0 Å². The summed E-state index contributed by atoms with van der Waals surface area (Å²) < 4.78 is 0. The highest BCUT2D eigenvalue weighted by Gasteiger charge is 2.54. The molecular weight excluding hydrogens is 424 g/mol. The first-order valence-corrected chi connectivity index (χ1v) is 12.8. The molecule has 3 aliphatic rings. The predicted octanol–water partition coefficient (Wildman–Crippen LogP) is 4.20. The number of carbonyl (C=O) groups is 1. The molecule has 34 heavy (non-hydrogen) atoms. The lowest BCUT2D eigenvalue weighted by Gasteiger charge is -2.51. The van der Waals surface area contributed by atoms with Gasteiger partial charge in [-0.3, -0.25) is 4.90 Å². The number of amides is 2. The van der Waals surface area contributed by atoms with Crippen LogP contribution in [-0.4, -0.2) is 76.7 Å². The van der Waals surface area contributed by atoms with Crippen LogP contribution in [-0.2, 0) is 5.54 Å². The van der Waals surface area contributed by atoms with Crippen molar-refractivity contribution in [2.75, 3.05) is 45.6 Å². The van der Waals surface area contributed by atoms with Crippen LogP contribution in [0.5, 0.6) is 0 Å². The van der Waals surface area contributed by atoms with Gasteiger partial charge in [-0.1, -0.05) is 36.8 Å². The third kappa shape index (κ3) is 4.26. The lowest BCUT2D eigenvalue weighted by atomic mass is 9.68. The quantitative estimate of drug-likeness (QED) is 0.637. The van der Waals surface area contributed by atoms with Gasteiger partial charge in [-0.05, 0) is 70.2 Å². The molecule has 2 heterocycles. The third-order valence-electron chi connectivity index (χ3n) is 8.69. The molecule has 7 nitrogen and oxygen atoms in total. The van der Waals surface area contributed by atoms with E-state index >= 15 is 0 Å². The molecule has 0 unspecified atom stereocenters. The first-order valence-electron chi connectivity index (χ1n) is 12.8. The molecule has 0 bridgehead atoms. The van der Waals surface area contributed by atoms with Gasteiger partial charge in [0.15, 0.2) is 0 Å². The summed E-state index contributed by atoms with van der Waals surface area (Å²) in [6.07, 6.45) is 11.5. The second-order valence-electron chi connectivity index (χ2n) is 10.7. The molecule has 0 radical (unpaired) electrons. The summed E-state index contributed by atoms with van der Waals surface area (Å²) in [6.45, 7) is 3.20. The number of hydrogen-bond acceptors (Lipinski definition) is 5. The largest absolute Gasteiger partial charge is 0.382 e. The summed E-state index contributed by atoms with van der Waals surface area (Å²) in [7, 11) is 4.42. The average Bonchev–Trinajstić information content (AvgIpc) is 3.08. The first kappa shape index (κ1) is 23.1. The zero-order chi connectivity index (χ0) is 23.6. The van der Waals surface area contributed by atoms with Crippen LogP contribution in [0, 0.1) is 5.92 Å². The van der Waals surface area contributed by atoms with Crippen molar-refractivity contribution in [3.63, 3.8) is 0 Å². The van der Waals surface area contributed by atoms with Gasteiger partial charge < -0.3 is 15.1 Å². The van der Waals surface area contributed by atoms with Gasteiger partial charge in [0.25, 0.3) is 0 Å². The lowest BCUT2D eigenvalue weighted by molar-refractivity contribution is 0.0160. The number of nitrogens with one attached hydrogen (secondary N) is 1. The molecule has 2 saturated carbocycles. The monoisotopic (exact) mass is 462 g/mol. The van der Waals surface area contributed by atoms with E-state index in [4.69, 9.17) is 0 Å². The summed E-state index contributed by atoms with van der Waals surface area (Å²) in [4.78, 5) is 20.4. The van der Waals surface area contributed by atoms with Crippen molar-refractivity contribution in [1.29, 1.82) is 0 Å². The summed E-state index contributed by atoms with van der Waals surface area (Å²) in [5.41, 5.74) is 2.34. The Morgan fingerprint density at radius 1 is 1.06 bits per heavy atom. The highest BCUT2D eigenvalue weighted by molar-refractivity contribution is 5.78. The summed E-state index contributed by atoms with van der Waals surface area (Å²) in [6, 6.07) is 13.1. The average molecular weight is 463 g/mol. The Bertz CT molecular complexity index is 954. The molecule has 1 saturated heterocycles. The maximum atomic E-state index is 13.7. The SMILES string of the molecule is CN(C)[C@]1(c2ccccc2)CC[C@]2(CC1)CN(CCNc1ccnnc1)C(=O)N2CC1CCC1. The number of nitrogens with zero attached hydrogens (tertiary/aromatic N) is 5. The van der Waals surface area contributed by atoms with Gasteiger partial charge in [0.2, 0.25) is 0 Å². The molecule has 7 heteroatoms. The second-order valence-corrected chi connectivity index (χ2v) is 10.7. The van der Waals surface area contributed by atoms with E-state index in [1.54, 1.807) is 12.4 Å². The highest BCUT2D eigenvalue weighted by atomic mass is 16.2. The number of benzene rings is 1. The Morgan fingerprint density at radius 2 is 1.82 bits per heavy atom. The molecule has 5 rings (SSSR count). The number of anilines is 1. The minimum absolute atomic E-state index is 0.0425. The number of aromatic nitrogens is 2. The van der Waals surface area contributed by atoms with E-state index in [9.17, 15) is 4.79 Å². The van der Waals surface area contributed by atoms with E-state index < -0.39 is 0 Å². The smallest absolute Gasteiger partial charge is 0.320 e. The zero-order valence-electron chi connectivity index (χ0n) is 20.6. The fourth-order valence-electron chi connectivity index (χ4n) is 6.29. The van der Waals surface area contributed by atoms with Crippen molar-refractivity contribution in [1.82, 2.24) is 24.9 Å². The van der Waals surface area contributed by atoms with Gasteiger partial charge in [0.1, 0.15) is 0 Å². The van der Waals surface area contributed by atoms with E-state index in [1.807, 2.05) is 6.07 Å². The fourth-order valence-corrected chi connectivity index (χ4v) is 6.29. The van der Waals surface area contributed by atoms with E-state index in [-0.39, 0.29) is 17.1 Å². The van der Waals surface area contributed by atoms with E-state index in [0.717, 1.165) is 51.0 Å². The van der Waals surface area contributed by atoms with Crippen molar-refractivity contribution in [3.05, 3.63) is 54.4 Å². The fraction of sp³-hybridized carbons (Fsp3) is 0.593. The van der Waals surface area contributed by atoms with Crippen molar-refractivity contribution in [2.24, 2.45) is 5.92 Å². The van der Waals surface area contributed by atoms with Crippen LogP contribution in [0.4, 0.5) is 10.5 Å². The Kier molecular flexibility index (Phi) is 6.47. The Balaban J connectivity index is 1.31. The first-order chi connectivity index (χ1) is 16.5. The molecule has 2 amide bonds. The van der Waals surface area contributed by atoms with Gasteiger partial charge in [0.05, 0.1) is 23.6 Å². The van der Waals surface area contributed by atoms with Gasteiger partial charge in [0, 0.05) is 31.7 Å². The van der Waals surface area contributed by atoms with Gasteiger partial charge in [-0.15, -0.1) is 0 Å². The Labute approximate surface area is 203 Å². The maximum Gasteiger partial charge on any atom is 0.320 e. The lowest BCUT2D eigenvalue weighted by Crippen LogP contribution is -2.56. The summed E-state index contributed by atoms with van der Waals surface area (Å²) >= 11 is 0. The Morgan fingerprint density at radius 3 is 2.44 bits per heavy atom. The number of hydrogen-bond donors (Lipinski definition) is 1. The van der Waals surface area contributed by atoms with Gasteiger partial charge >= 0.3 is 6.03 Å². The summed E-state index contributed by atoms with van der Waals surface area (Å²) in [5.74, 6) is 0.677. The normalized spacial score (nSPS) is 27.4. The van der Waals surface area contributed by atoms with Crippen LogP contribution in [0.1, 0.15) is 50.5 Å². The minimum Gasteiger partial charge on any atom is -0.382 e. The third-order valence-corrected chi connectivity index (χ3v) is 8.69. The van der Waals surface area contributed by atoms with E-state index in [2.05, 4.69) is 74.6 Å². The van der Waals surface area contributed by atoms with E-state index in [0.29, 0.717) is 12.5 Å². The van der Waals surface area contributed by atoms with Gasteiger partial charge in [-0.2, -0.15) is 10.2 Å². The molecule has 0 atom stereocenters. The van der Waals surface area contributed by atoms with Crippen LogP contribution < -0.4 is 5.32 Å². The number of urea groups is 1. The topological polar surface area (TPSA) is 64.6 Å². The molecule has 1 aromatic heterocycles. The van der Waals surface area contributed by atoms with Crippen LogP contribution in [0.15, 0.2) is 48.8 Å². The zero-order valence-corrected chi connectivity index (χ0v) is 20.6. The standard InChI is InChI=1S/C27H38N6O/c1-31(2)27(23-9-4-3-5-10-23)14-12-26(13-15-27)21-32(18-17-28-24-11-16-29-30-19-24)25(34)33(26)20-22-7-6-8-22/h3-5,9-11,16,19,22H,6-8,12-15,17-18,20-21H2,1-2H3,(H,28,29)/t26-,27+. The highest BCUT2D eigenvalue weighted by Crippen LogP contribution is 2.49. The molecule has 182 valence electrons. The van der Waals surface area contributed by atoms with E-state index in [1.165, 1.54) is 24.8 Å². The molecule has 1 N–H and O–H groups in total. The van der Waals surface area contributed by atoms with Crippen molar-refractivity contribution >= 4 is 11.7 Å². The van der Waals surface area contributed by atoms with Crippen LogP contribution in [0.2, 0.25) is 0 Å². The Hall–Kier alpha value is -2.67. The number of rotatable bonds is 8. The van der Waals surface area contributed by atoms with Crippen molar-refractivity contribution in [2.45, 2.75) is 56.0 Å². The molecule has 1 spiro atoms. The van der Waals surface area contributed by atoms with Crippen LogP contribution >= 0.6 is 0 Å². The van der Waals surface area contributed by atoms with Crippen molar-refractivity contribution < 1.29 is 4.79 Å². The molecular formula is C27H38N6O.